The van der Waals surface area contributed by atoms with Gasteiger partial charge in [-0.25, -0.2) is 0 Å². The smallest absolute Gasteiger partial charge is 0.207 e. The summed E-state index contributed by atoms with van der Waals surface area (Å²) in [5.74, 6) is 0. The van der Waals surface area contributed by atoms with E-state index in [0.717, 1.165) is 12.7 Å². The Hall–Kier alpha value is -0.860. The molecule has 0 aliphatic heterocycles. The second-order valence-electron chi connectivity index (χ2n) is 3.24. The minimum absolute atomic E-state index is 0.150. The van der Waals surface area contributed by atoms with Crippen molar-refractivity contribution < 1.29 is 9.59 Å². The van der Waals surface area contributed by atoms with E-state index in [1.54, 1.807) is 0 Å². The third kappa shape index (κ3) is 2.70. The van der Waals surface area contributed by atoms with Crippen molar-refractivity contribution in [3.8, 4) is 0 Å². The van der Waals surface area contributed by atoms with Gasteiger partial charge >= 0.3 is 0 Å². The first kappa shape index (κ1) is 10.1. The van der Waals surface area contributed by atoms with Crippen LogP contribution in [0.25, 0.3) is 0 Å². The zero-order valence-corrected chi connectivity index (χ0v) is 7.26. The lowest BCUT2D eigenvalue weighted by Crippen LogP contribution is -2.42. The number of hydrogen-bond acceptors (Lipinski definition) is 2. The van der Waals surface area contributed by atoms with E-state index in [2.05, 4.69) is 5.32 Å². The van der Waals surface area contributed by atoms with E-state index in [1.165, 1.54) is 0 Å². The number of amides is 1. The highest BCUT2D eigenvalue weighted by molar-refractivity contribution is 5.64. The minimum Gasteiger partial charge on any atom is -0.349 e. The summed E-state index contributed by atoms with van der Waals surface area (Å²) in [6, 6.07) is -0.370. The van der Waals surface area contributed by atoms with Crippen LogP contribution >= 0.6 is 0 Å². The first-order chi connectivity index (χ1) is 5.08. The van der Waals surface area contributed by atoms with Crippen LogP contribution in [-0.2, 0) is 9.59 Å². The Morgan fingerprint density at radius 1 is 1.45 bits per heavy atom. The van der Waals surface area contributed by atoms with E-state index in [1.807, 2.05) is 20.8 Å². The summed E-state index contributed by atoms with van der Waals surface area (Å²) < 4.78 is 0. The molecule has 0 aromatic rings. The summed E-state index contributed by atoms with van der Waals surface area (Å²) in [6.45, 7) is 5.88. The van der Waals surface area contributed by atoms with Crippen molar-refractivity contribution >= 4 is 12.7 Å². The SMILES string of the molecule is CCC(C)(C)C(C=O)NC=O. The lowest BCUT2D eigenvalue weighted by molar-refractivity contribution is -0.117. The van der Waals surface area contributed by atoms with Gasteiger partial charge in [0.1, 0.15) is 6.29 Å². The van der Waals surface area contributed by atoms with E-state index < -0.39 is 0 Å². The van der Waals surface area contributed by atoms with Crippen LogP contribution in [0.5, 0.6) is 0 Å². The first-order valence-electron chi connectivity index (χ1n) is 3.73. The summed E-state index contributed by atoms with van der Waals surface area (Å²) in [7, 11) is 0. The number of carbonyl (C=O) groups excluding carboxylic acids is 2. The standard InChI is InChI=1S/C8H15NO2/c1-4-8(2,3)7(5-10)9-6-11/h5-7H,4H2,1-3H3,(H,9,11). The van der Waals surface area contributed by atoms with Crippen molar-refractivity contribution in [2.75, 3.05) is 0 Å². The van der Waals surface area contributed by atoms with Gasteiger partial charge in [0.2, 0.25) is 6.41 Å². The molecule has 1 amide bonds. The predicted octanol–water partition coefficient (Wildman–Crippen LogP) is 0.736. The first-order valence-corrected chi connectivity index (χ1v) is 3.73. The quantitative estimate of drug-likeness (QED) is 0.598. The molecule has 0 bridgehead atoms. The molecule has 0 aliphatic carbocycles. The van der Waals surface area contributed by atoms with E-state index >= 15 is 0 Å². The molecule has 0 aliphatic rings. The molecule has 0 radical (unpaired) electrons. The topological polar surface area (TPSA) is 46.2 Å². The van der Waals surface area contributed by atoms with Crippen LogP contribution < -0.4 is 5.32 Å². The molecule has 0 saturated carbocycles. The summed E-state index contributed by atoms with van der Waals surface area (Å²) >= 11 is 0. The minimum atomic E-state index is -0.370. The average Bonchev–Trinajstić information content (AvgIpc) is 2.00. The number of rotatable bonds is 5. The molecule has 1 atom stereocenters. The molecule has 0 aromatic carbocycles. The maximum atomic E-state index is 10.5. The highest BCUT2D eigenvalue weighted by Crippen LogP contribution is 2.22. The molecule has 0 rings (SSSR count). The Labute approximate surface area is 67.2 Å². The number of nitrogens with one attached hydrogen (secondary N) is 1. The van der Waals surface area contributed by atoms with E-state index in [9.17, 15) is 9.59 Å². The third-order valence-corrected chi connectivity index (χ3v) is 2.14. The van der Waals surface area contributed by atoms with Crippen molar-refractivity contribution in [3.05, 3.63) is 0 Å². The monoisotopic (exact) mass is 157 g/mol. The normalized spacial score (nSPS) is 13.7. The van der Waals surface area contributed by atoms with Gasteiger partial charge in [0.25, 0.3) is 0 Å². The molecular weight excluding hydrogens is 142 g/mol. The van der Waals surface area contributed by atoms with Crippen molar-refractivity contribution in [1.82, 2.24) is 5.32 Å². The van der Waals surface area contributed by atoms with Gasteiger partial charge in [0.05, 0.1) is 6.04 Å². The molecule has 0 fully saturated rings. The van der Waals surface area contributed by atoms with Gasteiger partial charge in [-0.1, -0.05) is 20.8 Å². The maximum Gasteiger partial charge on any atom is 0.207 e. The number of aldehydes is 1. The summed E-state index contributed by atoms with van der Waals surface area (Å²) in [5, 5.41) is 2.47. The van der Waals surface area contributed by atoms with E-state index in [-0.39, 0.29) is 11.5 Å². The fourth-order valence-corrected chi connectivity index (χ4v) is 0.742. The highest BCUT2D eigenvalue weighted by atomic mass is 16.1. The number of hydrogen-bond donors (Lipinski definition) is 1. The van der Waals surface area contributed by atoms with Crippen LogP contribution in [0.1, 0.15) is 27.2 Å². The zero-order chi connectivity index (χ0) is 8.91. The molecule has 1 unspecified atom stereocenters. The molecule has 64 valence electrons. The largest absolute Gasteiger partial charge is 0.349 e. The molecule has 0 spiro atoms. The Kier molecular flexibility index (Phi) is 3.79. The fourth-order valence-electron chi connectivity index (χ4n) is 0.742. The second-order valence-corrected chi connectivity index (χ2v) is 3.24. The Morgan fingerprint density at radius 2 is 2.00 bits per heavy atom. The Morgan fingerprint density at radius 3 is 2.27 bits per heavy atom. The summed E-state index contributed by atoms with van der Waals surface area (Å²) in [4.78, 5) is 20.5. The second kappa shape index (κ2) is 4.11. The summed E-state index contributed by atoms with van der Waals surface area (Å²) in [5.41, 5.74) is -0.150. The van der Waals surface area contributed by atoms with E-state index in [0.29, 0.717) is 6.41 Å². The lowest BCUT2D eigenvalue weighted by atomic mass is 9.83. The molecule has 0 saturated heterocycles. The fraction of sp³-hybridized carbons (Fsp3) is 0.750. The highest BCUT2D eigenvalue weighted by Gasteiger charge is 2.26. The van der Waals surface area contributed by atoms with Crippen molar-refractivity contribution in [1.29, 1.82) is 0 Å². The Balaban J connectivity index is 4.21. The molecule has 0 heterocycles. The van der Waals surface area contributed by atoms with E-state index in [4.69, 9.17) is 0 Å². The maximum absolute atomic E-state index is 10.5. The molecule has 0 aromatic heterocycles. The Bertz CT molecular complexity index is 143. The van der Waals surface area contributed by atoms with Gasteiger partial charge in [-0.05, 0) is 11.8 Å². The van der Waals surface area contributed by atoms with Crippen molar-refractivity contribution in [2.24, 2.45) is 5.41 Å². The molecule has 3 nitrogen and oxygen atoms in total. The molecule has 11 heavy (non-hydrogen) atoms. The van der Waals surface area contributed by atoms with Gasteiger partial charge in [-0.3, -0.25) is 4.79 Å². The number of carbonyl (C=O) groups is 2. The molecular formula is C8H15NO2. The van der Waals surface area contributed by atoms with Crippen molar-refractivity contribution in [2.45, 2.75) is 33.2 Å². The van der Waals surface area contributed by atoms with Crippen LogP contribution in [-0.4, -0.2) is 18.7 Å². The lowest BCUT2D eigenvalue weighted by Gasteiger charge is -2.28. The van der Waals surface area contributed by atoms with Gasteiger partial charge in [0, 0.05) is 0 Å². The van der Waals surface area contributed by atoms with Gasteiger partial charge in [-0.2, -0.15) is 0 Å². The van der Waals surface area contributed by atoms with Crippen LogP contribution in [0.2, 0.25) is 0 Å². The predicted molar refractivity (Wildman–Crippen MR) is 43.1 cm³/mol. The molecule has 3 heteroatoms. The van der Waals surface area contributed by atoms with Crippen LogP contribution in [0.3, 0.4) is 0 Å². The summed E-state index contributed by atoms with van der Waals surface area (Å²) in [6.07, 6.45) is 2.20. The van der Waals surface area contributed by atoms with Crippen LogP contribution in [0, 0.1) is 5.41 Å². The van der Waals surface area contributed by atoms with Crippen LogP contribution in [0.15, 0.2) is 0 Å². The zero-order valence-electron chi connectivity index (χ0n) is 7.26. The van der Waals surface area contributed by atoms with Crippen molar-refractivity contribution in [3.63, 3.8) is 0 Å². The van der Waals surface area contributed by atoms with Gasteiger partial charge in [-0.15, -0.1) is 0 Å². The third-order valence-electron chi connectivity index (χ3n) is 2.14. The average molecular weight is 157 g/mol. The van der Waals surface area contributed by atoms with Gasteiger partial charge < -0.3 is 10.1 Å². The van der Waals surface area contributed by atoms with Crippen LogP contribution in [0.4, 0.5) is 0 Å². The molecule has 1 N–H and O–H groups in total. The van der Waals surface area contributed by atoms with Gasteiger partial charge in [0.15, 0.2) is 0 Å².